The molecule has 2 rings (SSSR count). The van der Waals surface area contributed by atoms with Gasteiger partial charge in [0.15, 0.2) is 0 Å². The minimum atomic E-state index is 0.406. The van der Waals surface area contributed by atoms with Crippen molar-refractivity contribution < 1.29 is 0 Å². The van der Waals surface area contributed by atoms with E-state index in [1.165, 1.54) is 21.7 Å². The van der Waals surface area contributed by atoms with Crippen molar-refractivity contribution in [1.29, 1.82) is 0 Å². The Bertz CT molecular complexity index is 561. The fraction of sp³-hybridized carbons (Fsp3) is 0.444. The van der Waals surface area contributed by atoms with Gasteiger partial charge in [-0.3, -0.25) is 0 Å². The average molecular weight is 302 g/mol. The van der Waals surface area contributed by atoms with Gasteiger partial charge in [0.25, 0.3) is 0 Å². The van der Waals surface area contributed by atoms with Crippen LogP contribution in [-0.2, 0) is 6.54 Å². The lowest BCUT2D eigenvalue weighted by molar-refractivity contribution is 0.588. The number of thiophene rings is 1. The number of nitrogens with one attached hydrogen (secondary N) is 1. The Kier molecular flexibility index (Phi) is 5.43. The van der Waals surface area contributed by atoms with Gasteiger partial charge in [0.05, 0.1) is 6.04 Å². The van der Waals surface area contributed by atoms with Gasteiger partial charge in [-0.1, -0.05) is 32.0 Å². The Balaban J connectivity index is 2.13. The zero-order chi connectivity index (χ0) is 15.4. The molecule has 114 valence electrons. The van der Waals surface area contributed by atoms with Gasteiger partial charge in [-0.2, -0.15) is 0 Å². The predicted molar refractivity (Wildman–Crippen MR) is 94.3 cm³/mol. The first-order chi connectivity index (χ1) is 9.99. The van der Waals surface area contributed by atoms with Gasteiger partial charge >= 0.3 is 0 Å². The lowest BCUT2D eigenvalue weighted by Gasteiger charge is -2.28. The smallest absolute Gasteiger partial charge is 0.0603 e. The van der Waals surface area contributed by atoms with Crippen molar-refractivity contribution in [2.45, 2.75) is 46.3 Å². The highest BCUT2D eigenvalue weighted by Crippen LogP contribution is 2.30. The maximum atomic E-state index is 3.47. The third kappa shape index (κ3) is 4.08. The Morgan fingerprint density at radius 3 is 2.52 bits per heavy atom. The highest BCUT2D eigenvalue weighted by molar-refractivity contribution is 7.10. The van der Waals surface area contributed by atoms with E-state index in [4.69, 9.17) is 0 Å². The van der Waals surface area contributed by atoms with Gasteiger partial charge in [0.2, 0.25) is 0 Å². The topological polar surface area (TPSA) is 15.3 Å². The molecule has 0 amide bonds. The molecule has 21 heavy (non-hydrogen) atoms. The molecule has 0 saturated carbocycles. The summed E-state index contributed by atoms with van der Waals surface area (Å²) in [5.41, 5.74) is 4.00. The van der Waals surface area contributed by atoms with E-state index in [1.54, 1.807) is 0 Å². The summed E-state index contributed by atoms with van der Waals surface area (Å²) in [4.78, 5) is 3.77. The van der Waals surface area contributed by atoms with Crippen LogP contribution in [0.1, 0.15) is 42.8 Å². The lowest BCUT2D eigenvalue weighted by Crippen LogP contribution is -2.23. The lowest BCUT2D eigenvalue weighted by atomic mass is 10.1. The summed E-state index contributed by atoms with van der Waals surface area (Å²) in [6.07, 6.45) is 0. The number of anilines is 1. The van der Waals surface area contributed by atoms with Crippen molar-refractivity contribution in [1.82, 2.24) is 5.32 Å². The van der Waals surface area contributed by atoms with Crippen LogP contribution in [0.5, 0.6) is 0 Å². The van der Waals surface area contributed by atoms with Gasteiger partial charge < -0.3 is 10.2 Å². The second-order valence-electron chi connectivity index (χ2n) is 5.96. The first-order valence-electron chi connectivity index (χ1n) is 7.58. The summed E-state index contributed by atoms with van der Waals surface area (Å²) in [6, 6.07) is 12.0. The Morgan fingerprint density at radius 1 is 1.19 bits per heavy atom. The molecular weight excluding hydrogens is 276 g/mol. The van der Waals surface area contributed by atoms with Crippen molar-refractivity contribution >= 4 is 17.0 Å². The molecule has 3 heteroatoms. The number of hydrogen-bond donors (Lipinski definition) is 1. The monoisotopic (exact) mass is 302 g/mol. The van der Waals surface area contributed by atoms with Gasteiger partial charge in [-0.25, -0.2) is 0 Å². The quantitative estimate of drug-likeness (QED) is 0.828. The molecule has 2 aromatic rings. The van der Waals surface area contributed by atoms with E-state index in [0.29, 0.717) is 12.1 Å². The molecule has 1 unspecified atom stereocenters. The summed E-state index contributed by atoms with van der Waals surface area (Å²) < 4.78 is 0. The van der Waals surface area contributed by atoms with Gasteiger partial charge in [0.1, 0.15) is 0 Å². The van der Waals surface area contributed by atoms with Gasteiger partial charge in [0, 0.05) is 30.2 Å². The van der Waals surface area contributed by atoms with Crippen LogP contribution in [0.2, 0.25) is 0 Å². The zero-order valence-electron chi connectivity index (χ0n) is 13.7. The molecule has 1 atom stereocenters. The van der Waals surface area contributed by atoms with Crippen LogP contribution in [0, 0.1) is 6.92 Å². The molecule has 0 bridgehead atoms. The maximum absolute atomic E-state index is 3.47. The highest BCUT2D eigenvalue weighted by Gasteiger charge is 2.15. The molecule has 1 aromatic heterocycles. The van der Waals surface area contributed by atoms with Crippen molar-refractivity contribution in [2.24, 2.45) is 0 Å². The van der Waals surface area contributed by atoms with E-state index in [9.17, 15) is 0 Å². The Morgan fingerprint density at radius 2 is 1.95 bits per heavy atom. The molecule has 2 nitrogen and oxygen atoms in total. The Hall–Kier alpha value is -1.32. The molecule has 0 fully saturated rings. The average Bonchev–Trinajstić information content (AvgIpc) is 2.98. The summed E-state index contributed by atoms with van der Waals surface area (Å²) in [7, 11) is 2.18. The second kappa shape index (κ2) is 7.10. The molecular formula is C18H26N2S. The number of rotatable bonds is 6. The highest BCUT2D eigenvalue weighted by atomic mass is 32.1. The molecule has 1 aromatic carbocycles. The van der Waals surface area contributed by atoms with Gasteiger partial charge in [-0.15, -0.1) is 11.3 Å². The first kappa shape index (κ1) is 16.1. The SMILES string of the molecule is Cc1cc(CNC(C)C)ccc1N(C)C(C)c1cccs1. The van der Waals surface area contributed by atoms with E-state index in [-0.39, 0.29) is 0 Å². The number of nitrogens with zero attached hydrogens (tertiary/aromatic N) is 1. The van der Waals surface area contributed by atoms with E-state index in [2.05, 4.69) is 80.7 Å². The number of aryl methyl sites for hydroxylation is 1. The molecule has 0 aliphatic heterocycles. The fourth-order valence-electron chi connectivity index (χ4n) is 2.47. The normalized spacial score (nSPS) is 12.7. The molecule has 1 heterocycles. The van der Waals surface area contributed by atoms with Crippen molar-refractivity contribution in [3.8, 4) is 0 Å². The summed E-state index contributed by atoms with van der Waals surface area (Å²) >= 11 is 1.82. The second-order valence-corrected chi connectivity index (χ2v) is 6.94. The summed E-state index contributed by atoms with van der Waals surface area (Å²) in [5.74, 6) is 0. The van der Waals surface area contributed by atoms with Crippen LogP contribution in [0.15, 0.2) is 35.7 Å². The third-order valence-corrected chi connectivity index (χ3v) is 4.93. The van der Waals surface area contributed by atoms with E-state index in [1.807, 2.05) is 11.3 Å². The molecule has 0 aliphatic rings. The summed E-state index contributed by atoms with van der Waals surface area (Å²) in [5, 5.41) is 5.62. The minimum absolute atomic E-state index is 0.406. The molecule has 0 radical (unpaired) electrons. The van der Waals surface area contributed by atoms with Crippen LogP contribution in [0.25, 0.3) is 0 Å². The summed E-state index contributed by atoms with van der Waals surface area (Å²) in [6.45, 7) is 9.75. The van der Waals surface area contributed by atoms with Crippen LogP contribution < -0.4 is 10.2 Å². The van der Waals surface area contributed by atoms with E-state index < -0.39 is 0 Å². The van der Waals surface area contributed by atoms with Crippen molar-refractivity contribution in [3.05, 3.63) is 51.7 Å². The molecule has 0 spiro atoms. The van der Waals surface area contributed by atoms with E-state index >= 15 is 0 Å². The van der Waals surface area contributed by atoms with Crippen LogP contribution in [-0.4, -0.2) is 13.1 Å². The van der Waals surface area contributed by atoms with Crippen molar-refractivity contribution in [2.75, 3.05) is 11.9 Å². The van der Waals surface area contributed by atoms with E-state index in [0.717, 1.165) is 6.54 Å². The van der Waals surface area contributed by atoms with Crippen LogP contribution >= 0.6 is 11.3 Å². The Labute approximate surface area is 132 Å². The first-order valence-corrected chi connectivity index (χ1v) is 8.46. The zero-order valence-corrected chi connectivity index (χ0v) is 14.5. The maximum Gasteiger partial charge on any atom is 0.0603 e. The standard InChI is InChI=1S/C18H26N2S/c1-13(2)19-12-16-8-9-17(14(3)11-16)20(5)15(4)18-7-6-10-21-18/h6-11,13,15,19H,12H2,1-5H3. The van der Waals surface area contributed by atoms with Crippen LogP contribution in [0.3, 0.4) is 0 Å². The van der Waals surface area contributed by atoms with Crippen LogP contribution in [0.4, 0.5) is 5.69 Å². The largest absolute Gasteiger partial charge is 0.367 e. The fourth-order valence-corrected chi connectivity index (χ4v) is 3.30. The minimum Gasteiger partial charge on any atom is -0.367 e. The van der Waals surface area contributed by atoms with Gasteiger partial charge in [-0.05, 0) is 42.5 Å². The van der Waals surface area contributed by atoms with Crippen molar-refractivity contribution in [3.63, 3.8) is 0 Å². The molecule has 0 aliphatic carbocycles. The molecule has 1 N–H and O–H groups in total. The number of benzene rings is 1. The molecule has 0 saturated heterocycles. The third-order valence-electron chi connectivity index (χ3n) is 3.89. The predicted octanol–water partition coefficient (Wildman–Crippen LogP) is 4.75. The number of hydrogen-bond acceptors (Lipinski definition) is 3.